The number of hydrogen-bond acceptors (Lipinski definition) is 2. The molecule has 0 rings (SSSR count). The maximum atomic E-state index is 8.74. The molecule has 0 aromatic carbocycles. The summed E-state index contributed by atoms with van der Waals surface area (Å²) in [5.74, 6) is 0. The second-order valence-corrected chi connectivity index (χ2v) is 1.34. The van der Waals surface area contributed by atoms with Crippen molar-refractivity contribution in [1.82, 2.24) is 0 Å². The van der Waals surface area contributed by atoms with Crippen LogP contribution in [0.25, 0.3) is 0 Å². The molecule has 2 N–H and O–H groups in total. The van der Waals surface area contributed by atoms with Crippen LogP contribution in [0.2, 0.25) is 0 Å². The fourth-order valence-corrected chi connectivity index (χ4v) is 0. The van der Waals surface area contributed by atoms with E-state index in [0.29, 0.717) is 0 Å². The second-order valence-electron chi connectivity index (χ2n) is 0.448. The quantitative estimate of drug-likeness (QED) is 0.462. The van der Waals surface area contributed by atoms with E-state index >= 15 is 0 Å². The molecule has 0 unspecified atom stereocenters. The molecule has 8 heavy (non-hydrogen) atoms. The van der Waals surface area contributed by atoms with Gasteiger partial charge < -0.3 is 0 Å². The van der Waals surface area contributed by atoms with Crippen molar-refractivity contribution in [3.63, 3.8) is 0 Å². The molecule has 0 fully saturated rings. The predicted molar refractivity (Wildman–Crippen MR) is 21.4 cm³/mol. The van der Waals surface area contributed by atoms with E-state index in [9.17, 15) is 0 Å². The van der Waals surface area contributed by atoms with Crippen LogP contribution >= 0.6 is 12.4 Å². The molecule has 0 bridgehead atoms. The molecule has 0 saturated heterocycles. The normalized spacial score (nSPS) is 7.25. The first-order valence-corrected chi connectivity index (χ1v) is 2.10. The van der Waals surface area contributed by atoms with Crippen LogP contribution < -0.4 is 0 Å². The third-order valence-corrected chi connectivity index (χ3v) is 0. The molecule has 0 aromatic rings. The Bertz CT molecular complexity index is 99.2. The average Bonchev–Trinajstić information content (AvgIpc) is 0.722. The summed E-state index contributed by atoms with van der Waals surface area (Å²) >= 11 is 0. The van der Waals surface area contributed by atoms with Crippen LogP contribution in [0.4, 0.5) is 0 Å². The van der Waals surface area contributed by atoms with E-state index in [1.54, 1.807) is 0 Å². The molecule has 0 saturated carbocycles. The van der Waals surface area contributed by atoms with Gasteiger partial charge in [-0.15, -0.1) is 12.4 Å². The molecule has 0 aliphatic carbocycles. The van der Waals surface area contributed by atoms with E-state index in [4.69, 9.17) is 17.5 Å². The largest absolute Gasteiger partial charge is 0.394 e. The molecular formula is H3ClCuFeO4S. The topological polar surface area (TPSA) is 74.6 Å². The molecule has 0 aliphatic rings. The van der Waals surface area contributed by atoms with Crippen LogP contribution in [0.1, 0.15) is 0 Å². The summed E-state index contributed by atoms with van der Waals surface area (Å²) in [6.07, 6.45) is 0. The molecule has 59 valence electrons. The van der Waals surface area contributed by atoms with Gasteiger partial charge in [0, 0.05) is 34.1 Å². The van der Waals surface area contributed by atoms with E-state index in [0.717, 1.165) is 0 Å². The monoisotopic (exact) mass is 253 g/mol. The van der Waals surface area contributed by atoms with Gasteiger partial charge in [0.05, 0.1) is 0 Å². The molecular weight excluding hydrogens is 251 g/mol. The SMILES string of the molecule is Cl.O=S(=O)(O)O.[Cu].[Fe]. The first-order chi connectivity index (χ1) is 2.00. The van der Waals surface area contributed by atoms with Crippen LogP contribution in [-0.4, -0.2) is 17.5 Å². The van der Waals surface area contributed by atoms with Gasteiger partial charge in [-0.3, -0.25) is 9.11 Å². The van der Waals surface area contributed by atoms with Crippen molar-refractivity contribution in [1.29, 1.82) is 0 Å². The first-order valence-electron chi connectivity index (χ1n) is 0.698. The van der Waals surface area contributed by atoms with Crippen molar-refractivity contribution in [2.45, 2.75) is 0 Å². The van der Waals surface area contributed by atoms with E-state index in [-0.39, 0.29) is 46.5 Å². The van der Waals surface area contributed by atoms with Gasteiger partial charge in [-0.2, -0.15) is 8.42 Å². The molecule has 8 heteroatoms. The van der Waals surface area contributed by atoms with Gasteiger partial charge in [0.15, 0.2) is 0 Å². The zero-order chi connectivity index (χ0) is 4.50. The third kappa shape index (κ3) is 192. The van der Waals surface area contributed by atoms with Gasteiger partial charge in [0.2, 0.25) is 0 Å². The minimum absolute atomic E-state index is 0. The van der Waals surface area contributed by atoms with Gasteiger partial charge in [-0.05, 0) is 0 Å². The fraction of sp³-hybridized carbons (Fsp3) is 0. The van der Waals surface area contributed by atoms with Crippen molar-refractivity contribution >= 4 is 22.8 Å². The van der Waals surface area contributed by atoms with Gasteiger partial charge in [0.25, 0.3) is 0 Å². The molecule has 0 spiro atoms. The Labute approximate surface area is 74.4 Å². The summed E-state index contributed by atoms with van der Waals surface area (Å²) in [7, 11) is -4.67. The summed E-state index contributed by atoms with van der Waals surface area (Å²) in [6, 6.07) is 0. The Kier molecular flexibility index (Phi) is 23.4. The minimum atomic E-state index is -4.67. The van der Waals surface area contributed by atoms with E-state index in [1.165, 1.54) is 0 Å². The zero-order valence-electron chi connectivity index (χ0n) is 3.18. The van der Waals surface area contributed by atoms with Crippen LogP contribution in [-0.2, 0) is 44.5 Å². The van der Waals surface area contributed by atoms with Gasteiger partial charge in [0.1, 0.15) is 0 Å². The van der Waals surface area contributed by atoms with Crippen molar-refractivity contribution in [3.05, 3.63) is 0 Å². The van der Waals surface area contributed by atoms with E-state index in [2.05, 4.69) is 0 Å². The Morgan fingerprint density at radius 1 is 1.12 bits per heavy atom. The Morgan fingerprint density at radius 3 is 1.12 bits per heavy atom. The molecule has 0 atom stereocenters. The molecule has 4 nitrogen and oxygen atoms in total. The van der Waals surface area contributed by atoms with Crippen molar-refractivity contribution in [3.8, 4) is 0 Å². The second kappa shape index (κ2) is 8.20. The molecule has 0 aromatic heterocycles. The standard InChI is InChI=1S/ClH.Cu.Fe.H2O4S/c;;;1-5(2,3)4/h1H;;;(H2,1,2,3,4). The van der Waals surface area contributed by atoms with Crippen LogP contribution in [0.5, 0.6) is 0 Å². The van der Waals surface area contributed by atoms with Crippen molar-refractivity contribution in [2.24, 2.45) is 0 Å². The summed E-state index contributed by atoms with van der Waals surface area (Å²) in [5, 5.41) is 0. The minimum Gasteiger partial charge on any atom is -0.264 e. The molecule has 0 amide bonds. The Hall–Kier alpha value is 1.20. The Balaban J connectivity index is -0.0000000267. The summed E-state index contributed by atoms with van der Waals surface area (Å²) in [6.45, 7) is 0. The van der Waals surface area contributed by atoms with Gasteiger partial charge >= 0.3 is 10.4 Å². The van der Waals surface area contributed by atoms with Crippen LogP contribution in [0, 0.1) is 0 Å². The predicted octanol–water partition coefficient (Wildman–Crippen LogP) is -0.236. The molecule has 1 radical (unpaired) electrons. The maximum absolute atomic E-state index is 8.74. The van der Waals surface area contributed by atoms with E-state index < -0.39 is 10.4 Å². The fourth-order valence-electron chi connectivity index (χ4n) is 0. The number of hydrogen-bond donors (Lipinski definition) is 2. The summed E-state index contributed by atoms with van der Waals surface area (Å²) in [4.78, 5) is 0. The molecule has 0 heterocycles. The number of rotatable bonds is 0. The zero-order valence-corrected chi connectivity index (χ0v) is 6.86. The summed E-state index contributed by atoms with van der Waals surface area (Å²) in [5.41, 5.74) is 0. The third-order valence-electron chi connectivity index (χ3n) is 0. The van der Waals surface area contributed by atoms with Crippen molar-refractivity contribution in [2.75, 3.05) is 0 Å². The van der Waals surface area contributed by atoms with Gasteiger partial charge in [-0.1, -0.05) is 0 Å². The van der Waals surface area contributed by atoms with Crippen LogP contribution in [0.3, 0.4) is 0 Å². The maximum Gasteiger partial charge on any atom is 0.394 e. The smallest absolute Gasteiger partial charge is 0.264 e. The van der Waals surface area contributed by atoms with Crippen LogP contribution in [0.15, 0.2) is 0 Å². The Morgan fingerprint density at radius 2 is 1.12 bits per heavy atom. The average molecular weight is 254 g/mol. The molecule has 0 aliphatic heterocycles. The van der Waals surface area contributed by atoms with E-state index in [1.807, 2.05) is 0 Å². The van der Waals surface area contributed by atoms with Gasteiger partial charge in [-0.25, -0.2) is 0 Å². The number of halogens is 1. The first kappa shape index (κ1) is 22.9. The van der Waals surface area contributed by atoms with Crippen molar-refractivity contribution < 1.29 is 51.7 Å². The summed E-state index contributed by atoms with van der Waals surface area (Å²) < 4.78 is 31.6.